The van der Waals surface area contributed by atoms with E-state index in [9.17, 15) is 19.7 Å². The van der Waals surface area contributed by atoms with Crippen LogP contribution in [0.4, 0.5) is 11.4 Å². The minimum absolute atomic E-state index is 0.0914. The van der Waals surface area contributed by atoms with Crippen LogP contribution in [0.3, 0.4) is 0 Å². The van der Waals surface area contributed by atoms with E-state index in [0.717, 1.165) is 6.42 Å². The number of hydrogen-bond acceptors (Lipinski definition) is 5. The Morgan fingerprint density at radius 1 is 1.29 bits per heavy atom. The molecule has 0 aliphatic rings. The molecule has 9 nitrogen and oxygen atoms in total. The van der Waals surface area contributed by atoms with E-state index in [1.807, 2.05) is 6.92 Å². The number of rotatable bonds is 6. The van der Waals surface area contributed by atoms with Crippen molar-refractivity contribution in [2.75, 3.05) is 11.9 Å². The molecule has 0 spiro atoms. The van der Waals surface area contributed by atoms with Crippen LogP contribution >= 0.6 is 0 Å². The molecule has 2 aromatic rings. The summed E-state index contributed by atoms with van der Waals surface area (Å²) in [6, 6.07) is 5.59. The van der Waals surface area contributed by atoms with Crippen molar-refractivity contribution in [1.82, 2.24) is 15.1 Å². The highest BCUT2D eigenvalue weighted by atomic mass is 16.6. The number of carbonyl (C=O) groups is 2. The van der Waals surface area contributed by atoms with Crippen molar-refractivity contribution in [2.45, 2.75) is 13.3 Å². The molecule has 2 rings (SSSR count). The molecule has 0 saturated heterocycles. The number of amides is 2. The molecule has 0 unspecified atom stereocenters. The molecule has 0 atom stereocenters. The van der Waals surface area contributed by atoms with Crippen molar-refractivity contribution in [2.24, 2.45) is 7.05 Å². The predicted molar refractivity (Wildman–Crippen MR) is 86.9 cm³/mol. The van der Waals surface area contributed by atoms with E-state index in [4.69, 9.17) is 0 Å². The normalized spacial score (nSPS) is 10.2. The Morgan fingerprint density at radius 2 is 2.00 bits per heavy atom. The SMILES string of the molecule is CCCNC(=O)c1c(NC(=O)c2ccccc2[N+](=O)[O-])cnn1C. The van der Waals surface area contributed by atoms with Gasteiger partial charge in [0, 0.05) is 19.7 Å². The fourth-order valence-corrected chi connectivity index (χ4v) is 2.14. The number of benzene rings is 1. The standard InChI is InChI=1S/C15H17N5O4/c1-3-8-16-15(22)13-11(9-17-19(13)2)18-14(21)10-6-4-5-7-12(10)20(23)24/h4-7,9H,3,8H2,1-2H3,(H,16,22)(H,18,21). The van der Waals surface area contributed by atoms with Crippen LogP contribution < -0.4 is 10.6 Å². The Hall–Kier alpha value is -3.23. The van der Waals surface area contributed by atoms with Crippen molar-refractivity contribution in [3.63, 3.8) is 0 Å². The first-order valence-electron chi connectivity index (χ1n) is 7.30. The maximum absolute atomic E-state index is 12.4. The highest BCUT2D eigenvalue weighted by Crippen LogP contribution is 2.21. The van der Waals surface area contributed by atoms with E-state index >= 15 is 0 Å². The number of nitrogens with one attached hydrogen (secondary N) is 2. The molecule has 9 heteroatoms. The van der Waals surface area contributed by atoms with Crippen molar-refractivity contribution < 1.29 is 14.5 Å². The average molecular weight is 331 g/mol. The second-order valence-electron chi connectivity index (χ2n) is 5.01. The number of aryl methyl sites for hydroxylation is 1. The lowest BCUT2D eigenvalue weighted by atomic mass is 10.1. The lowest BCUT2D eigenvalue weighted by Crippen LogP contribution is -2.27. The lowest BCUT2D eigenvalue weighted by Gasteiger charge is -2.08. The predicted octanol–water partition coefficient (Wildman–Crippen LogP) is 1.72. The van der Waals surface area contributed by atoms with Gasteiger partial charge in [0.25, 0.3) is 17.5 Å². The third kappa shape index (κ3) is 3.57. The largest absolute Gasteiger partial charge is 0.351 e. The van der Waals surface area contributed by atoms with Gasteiger partial charge in [-0.25, -0.2) is 0 Å². The summed E-state index contributed by atoms with van der Waals surface area (Å²) in [5.41, 5.74) is -0.0354. The van der Waals surface area contributed by atoms with Crippen molar-refractivity contribution >= 4 is 23.2 Å². The molecule has 1 aromatic carbocycles. The van der Waals surface area contributed by atoms with Gasteiger partial charge in [-0.15, -0.1) is 0 Å². The zero-order valence-corrected chi connectivity index (χ0v) is 13.3. The third-order valence-corrected chi connectivity index (χ3v) is 3.28. The third-order valence-electron chi connectivity index (χ3n) is 3.28. The molecule has 2 amide bonds. The number of nitro benzene ring substituents is 1. The van der Waals surface area contributed by atoms with Gasteiger partial charge in [-0.2, -0.15) is 5.10 Å². The van der Waals surface area contributed by atoms with Crippen molar-refractivity contribution in [3.05, 3.63) is 51.8 Å². The summed E-state index contributed by atoms with van der Waals surface area (Å²) in [6.45, 7) is 2.41. The van der Waals surface area contributed by atoms with Gasteiger partial charge in [0.1, 0.15) is 11.3 Å². The maximum Gasteiger partial charge on any atom is 0.282 e. The number of nitro groups is 1. The van der Waals surface area contributed by atoms with Crippen LogP contribution in [0.25, 0.3) is 0 Å². The minimum atomic E-state index is -0.681. The maximum atomic E-state index is 12.4. The van der Waals surface area contributed by atoms with Crippen LogP contribution in [0.15, 0.2) is 30.5 Å². The smallest absolute Gasteiger partial charge is 0.282 e. The Kier molecular flexibility index (Phi) is 5.25. The first-order valence-corrected chi connectivity index (χ1v) is 7.30. The van der Waals surface area contributed by atoms with Crippen LogP contribution in [0.1, 0.15) is 34.2 Å². The summed E-state index contributed by atoms with van der Waals surface area (Å²) in [5.74, 6) is -1.06. The van der Waals surface area contributed by atoms with E-state index in [1.54, 1.807) is 7.05 Å². The Labute approximate surface area is 137 Å². The number of anilines is 1. The zero-order chi connectivity index (χ0) is 17.7. The Balaban J connectivity index is 2.28. The fourth-order valence-electron chi connectivity index (χ4n) is 2.14. The quantitative estimate of drug-likeness (QED) is 0.617. The Morgan fingerprint density at radius 3 is 2.67 bits per heavy atom. The van der Waals surface area contributed by atoms with E-state index in [0.29, 0.717) is 6.54 Å². The number of carbonyl (C=O) groups excluding carboxylic acids is 2. The number of nitrogens with zero attached hydrogens (tertiary/aromatic N) is 3. The summed E-state index contributed by atoms with van der Waals surface area (Å²) in [5, 5.41) is 20.2. The molecule has 0 aliphatic heterocycles. The van der Waals surface area contributed by atoms with E-state index in [-0.39, 0.29) is 28.5 Å². The second-order valence-corrected chi connectivity index (χ2v) is 5.01. The van der Waals surface area contributed by atoms with Crippen LogP contribution in [0.5, 0.6) is 0 Å². The van der Waals surface area contributed by atoms with Crippen molar-refractivity contribution in [3.8, 4) is 0 Å². The fraction of sp³-hybridized carbons (Fsp3) is 0.267. The van der Waals surface area contributed by atoms with Gasteiger partial charge in [0.15, 0.2) is 0 Å². The first-order chi connectivity index (χ1) is 11.5. The molecule has 1 aromatic heterocycles. The Bertz CT molecular complexity index is 784. The van der Waals surface area contributed by atoms with Crippen LogP contribution in [-0.4, -0.2) is 33.1 Å². The number of aromatic nitrogens is 2. The van der Waals surface area contributed by atoms with E-state index < -0.39 is 10.8 Å². The van der Waals surface area contributed by atoms with Crippen molar-refractivity contribution in [1.29, 1.82) is 0 Å². The molecular weight excluding hydrogens is 314 g/mol. The topological polar surface area (TPSA) is 119 Å². The molecule has 2 N–H and O–H groups in total. The summed E-state index contributed by atoms with van der Waals surface area (Å²) in [4.78, 5) is 34.9. The molecule has 24 heavy (non-hydrogen) atoms. The molecule has 0 aliphatic carbocycles. The summed E-state index contributed by atoms with van der Waals surface area (Å²) < 4.78 is 1.33. The van der Waals surface area contributed by atoms with E-state index in [2.05, 4.69) is 15.7 Å². The molecular formula is C15H17N5O4. The van der Waals surface area contributed by atoms with Gasteiger partial charge in [-0.3, -0.25) is 24.4 Å². The summed E-state index contributed by atoms with van der Waals surface area (Å²) in [6.07, 6.45) is 2.09. The molecule has 0 bridgehead atoms. The van der Waals surface area contributed by atoms with Crippen LogP contribution in [0, 0.1) is 10.1 Å². The molecule has 0 fully saturated rings. The number of hydrogen-bond donors (Lipinski definition) is 2. The minimum Gasteiger partial charge on any atom is -0.351 e. The molecule has 0 radical (unpaired) electrons. The van der Waals surface area contributed by atoms with Gasteiger partial charge in [-0.05, 0) is 12.5 Å². The number of para-hydroxylation sites is 1. The highest BCUT2D eigenvalue weighted by molar-refractivity contribution is 6.10. The molecule has 0 saturated carbocycles. The molecule has 126 valence electrons. The van der Waals surface area contributed by atoms with Crippen LogP contribution in [0.2, 0.25) is 0 Å². The monoisotopic (exact) mass is 331 g/mol. The van der Waals surface area contributed by atoms with Gasteiger partial charge >= 0.3 is 0 Å². The van der Waals surface area contributed by atoms with E-state index in [1.165, 1.54) is 35.1 Å². The average Bonchev–Trinajstić information content (AvgIpc) is 2.93. The highest BCUT2D eigenvalue weighted by Gasteiger charge is 2.23. The van der Waals surface area contributed by atoms with Gasteiger partial charge in [-0.1, -0.05) is 19.1 Å². The summed E-state index contributed by atoms with van der Waals surface area (Å²) >= 11 is 0. The lowest BCUT2D eigenvalue weighted by molar-refractivity contribution is -0.385. The van der Waals surface area contributed by atoms with Gasteiger partial charge in [0.05, 0.1) is 16.8 Å². The van der Waals surface area contributed by atoms with Gasteiger partial charge in [0.2, 0.25) is 0 Å². The first kappa shape index (κ1) is 17.1. The molecule has 1 heterocycles. The second kappa shape index (κ2) is 7.36. The zero-order valence-electron chi connectivity index (χ0n) is 13.3. The van der Waals surface area contributed by atoms with Gasteiger partial charge < -0.3 is 10.6 Å². The van der Waals surface area contributed by atoms with Crippen LogP contribution in [-0.2, 0) is 7.05 Å². The summed E-state index contributed by atoms with van der Waals surface area (Å²) in [7, 11) is 1.57.